The van der Waals surface area contributed by atoms with Gasteiger partial charge < -0.3 is 0 Å². The molecular weight excluding hydrogens is 312 g/mol. The number of carbonyl (C=O) groups excluding carboxylic acids is 2. The van der Waals surface area contributed by atoms with E-state index in [1.807, 2.05) is 0 Å². The molecule has 0 atom stereocenters. The molecule has 2 rings (SSSR count). The summed E-state index contributed by atoms with van der Waals surface area (Å²) in [5.41, 5.74) is 2.74. The van der Waals surface area contributed by atoms with E-state index in [1.165, 1.54) is 11.1 Å². The molecule has 4 heteroatoms. The summed E-state index contributed by atoms with van der Waals surface area (Å²) < 4.78 is 0. The van der Waals surface area contributed by atoms with Gasteiger partial charge in [-0.05, 0) is 17.5 Å². The van der Waals surface area contributed by atoms with Gasteiger partial charge in [0.25, 0.3) is 0 Å². The Morgan fingerprint density at radius 2 is 0.760 bits per heavy atom. The summed E-state index contributed by atoms with van der Waals surface area (Å²) in [5, 5.41) is 10.8. The Kier molecular flexibility index (Phi) is 56.9. The Hall–Kier alpha value is -2.80. The SMILES string of the molecule is C.C.C.C.C.C.N=C=O.N=C=O.c1ccc(Cc2ccccc2)cc1. The van der Waals surface area contributed by atoms with Gasteiger partial charge >= 0.3 is 0 Å². The number of hydrogen-bond acceptors (Lipinski definition) is 4. The number of hydrogen-bond donors (Lipinski definition) is 2. The van der Waals surface area contributed by atoms with Gasteiger partial charge in [-0.2, -0.15) is 0 Å². The largest absolute Gasteiger partial charge is 0.231 e. The van der Waals surface area contributed by atoms with Crippen LogP contribution in [-0.2, 0) is 16.0 Å². The Morgan fingerprint density at radius 3 is 0.960 bits per heavy atom. The van der Waals surface area contributed by atoms with Crippen LogP contribution in [0.4, 0.5) is 0 Å². The average molecular weight is 351 g/mol. The lowest BCUT2D eigenvalue weighted by Crippen LogP contribution is -1.85. The predicted octanol–water partition coefficient (Wildman–Crippen LogP) is 6.90. The molecule has 25 heavy (non-hydrogen) atoms. The first kappa shape index (κ1) is 43.2. The van der Waals surface area contributed by atoms with E-state index in [0.717, 1.165) is 18.6 Å². The number of isocyanates is 2. The molecule has 0 aromatic heterocycles. The highest BCUT2D eigenvalue weighted by Crippen LogP contribution is 2.07. The van der Waals surface area contributed by atoms with Crippen LogP contribution >= 0.6 is 0 Å². The molecule has 0 radical (unpaired) electrons. The molecule has 0 aliphatic rings. The molecule has 0 unspecified atom stereocenters. The minimum atomic E-state index is 0. The Morgan fingerprint density at radius 1 is 0.560 bits per heavy atom. The van der Waals surface area contributed by atoms with Crippen LogP contribution in [-0.4, -0.2) is 12.2 Å². The van der Waals surface area contributed by atoms with E-state index in [9.17, 15) is 0 Å². The third-order valence-corrected chi connectivity index (χ3v) is 2.09. The summed E-state index contributed by atoms with van der Waals surface area (Å²) in [5.74, 6) is 0. The van der Waals surface area contributed by atoms with E-state index in [2.05, 4.69) is 60.7 Å². The van der Waals surface area contributed by atoms with Crippen LogP contribution in [0.5, 0.6) is 0 Å². The van der Waals surface area contributed by atoms with Crippen LogP contribution in [0, 0.1) is 10.8 Å². The fraction of sp³-hybridized carbons (Fsp3) is 0.333. The van der Waals surface area contributed by atoms with E-state index < -0.39 is 0 Å². The zero-order valence-electron chi connectivity index (χ0n) is 10.3. The van der Waals surface area contributed by atoms with Gasteiger partial charge in [-0.3, -0.25) is 0 Å². The van der Waals surface area contributed by atoms with E-state index >= 15 is 0 Å². The molecule has 0 spiro atoms. The zero-order valence-corrected chi connectivity index (χ0v) is 10.3. The molecule has 2 aromatic carbocycles. The van der Waals surface area contributed by atoms with Crippen molar-refractivity contribution in [1.82, 2.24) is 0 Å². The standard InChI is InChI=1S/C13H12.2CHNO.6CH4/c1-3-7-12(8-4-1)11-13-9-5-2-6-10-13;2*2-1-3;;;;;;/h1-10H,11H2;2*2H;6*1H4. The summed E-state index contributed by atoms with van der Waals surface area (Å²) in [4.78, 5) is 16.7. The Labute approximate surface area is 156 Å². The van der Waals surface area contributed by atoms with Crippen molar-refractivity contribution in [2.75, 3.05) is 0 Å². The number of rotatable bonds is 2. The highest BCUT2D eigenvalue weighted by molar-refractivity contribution is 5.26. The van der Waals surface area contributed by atoms with Crippen molar-refractivity contribution in [3.05, 3.63) is 71.8 Å². The van der Waals surface area contributed by atoms with Gasteiger partial charge in [-0.1, -0.05) is 105 Å². The van der Waals surface area contributed by atoms with E-state index in [1.54, 1.807) is 0 Å². The van der Waals surface area contributed by atoms with Gasteiger partial charge in [0.15, 0.2) is 0 Å². The predicted molar refractivity (Wildman–Crippen MR) is 113 cm³/mol. The van der Waals surface area contributed by atoms with Crippen LogP contribution < -0.4 is 0 Å². The highest BCUT2D eigenvalue weighted by atomic mass is 16.1. The monoisotopic (exact) mass is 350 g/mol. The molecule has 0 aliphatic heterocycles. The average Bonchev–Trinajstić information content (AvgIpc) is 2.43. The lowest BCUT2D eigenvalue weighted by atomic mass is 10.1. The molecule has 2 N–H and O–H groups in total. The van der Waals surface area contributed by atoms with Gasteiger partial charge in [-0.15, -0.1) is 0 Å². The van der Waals surface area contributed by atoms with Crippen molar-refractivity contribution in [3.8, 4) is 0 Å². The lowest BCUT2D eigenvalue weighted by molar-refractivity contribution is 0.562. The minimum absolute atomic E-state index is 0. The molecule has 0 saturated carbocycles. The second kappa shape index (κ2) is 33.0. The van der Waals surface area contributed by atoms with Crippen molar-refractivity contribution >= 4 is 12.2 Å². The van der Waals surface area contributed by atoms with Crippen LogP contribution in [0.2, 0.25) is 0 Å². The first-order chi connectivity index (χ1) is 9.28. The molecule has 0 saturated heterocycles. The van der Waals surface area contributed by atoms with Crippen LogP contribution in [0.15, 0.2) is 60.7 Å². The maximum atomic E-state index is 8.35. The fourth-order valence-electron chi connectivity index (χ4n) is 1.43. The van der Waals surface area contributed by atoms with Crippen LogP contribution in [0.3, 0.4) is 0 Å². The lowest BCUT2D eigenvalue weighted by Gasteiger charge is -2.00. The third kappa shape index (κ3) is 26.4. The third-order valence-electron chi connectivity index (χ3n) is 2.09. The Balaban J connectivity index is -0.0000000485. The highest BCUT2D eigenvalue weighted by Gasteiger charge is 1.92. The summed E-state index contributed by atoms with van der Waals surface area (Å²) in [6.07, 6.45) is 2.53. The summed E-state index contributed by atoms with van der Waals surface area (Å²) in [7, 11) is 0. The molecule has 0 aliphatic carbocycles. The first-order valence-corrected chi connectivity index (χ1v) is 5.44. The van der Waals surface area contributed by atoms with Gasteiger partial charge in [0.1, 0.15) is 0 Å². The fourth-order valence-corrected chi connectivity index (χ4v) is 1.43. The second-order valence-corrected chi connectivity index (χ2v) is 3.35. The topological polar surface area (TPSA) is 81.8 Å². The van der Waals surface area contributed by atoms with Gasteiger partial charge in [0, 0.05) is 0 Å². The first-order valence-electron chi connectivity index (χ1n) is 5.44. The van der Waals surface area contributed by atoms with Crippen molar-refractivity contribution in [2.24, 2.45) is 0 Å². The number of benzene rings is 2. The maximum Gasteiger partial charge on any atom is 0.231 e. The molecule has 144 valence electrons. The van der Waals surface area contributed by atoms with Gasteiger partial charge in [-0.25, -0.2) is 20.4 Å². The molecule has 4 nitrogen and oxygen atoms in total. The molecule has 0 heterocycles. The quantitative estimate of drug-likeness (QED) is 0.456. The molecular formula is C21H38N2O2. The molecule has 0 amide bonds. The Bertz CT molecular complexity index is 465. The van der Waals surface area contributed by atoms with E-state index in [-0.39, 0.29) is 44.6 Å². The molecule has 0 fully saturated rings. The minimum Gasteiger partial charge on any atom is -0.222 e. The van der Waals surface area contributed by atoms with Crippen LogP contribution in [0.1, 0.15) is 55.7 Å². The van der Waals surface area contributed by atoms with Crippen molar-refractivity contribution in [3.63, 3.8) is 0 Å². The summed E-state index contributed by atoms with van der Waals surface area (Å²) in [6, 6.07) is 21.1. The number of nitrogens with one attached hydrogen (secondary N) is 2. The molecule has 2 aromatic rings. The molecule has 0 bridgehead atoms. The smallest absolute Gasteiger partial charge is 0.222 e. The summed E-state index contributed by atoms with van der Waals surface area (Å²) in [6.45, 7) is 0. The van der Waals surface area contributed by atoms with Gasteiger partial charge in [0.05, 0.1) is 0 Å². The van der Waals surface area contributed by atoms with E-state index in [0.29, 0.717) is 0 Å². The zero-order chi connectivity index (χ0) is 14.3. The maximum absolute atomic E-state index is 8.35. The second-order valence-electron chi connectivity index (χ2n) is 3.35. The van der Waals surface area contributed by atoms with Crippen LogP contribution in [0.25, 0.3) is 0 Å². The summed E-state index contributed by atoms with van der Waals surface area (Å²) >= 11 is 0. The van der Waals surface area contributed by atoms with Crippen molar-refractivity contribution < 1.29 is 9.59 Å². The van der Waals surface area contributed by atoms with Crippen molar-refractivity contribution in [1.29, 1.82) is 10.8 Å². The normalized spacial score (nSPS) is 5.76. The van der Waals surface area contributed by atoms with E-state index in [4.69, 9.17) is 20.4 Å². The van der Waals surface area contributed by atoms with Crippen molar-refractivity contribution in [2.45, 2.75) is 51.0 Å². The van der Waals surface area contributed by atoms with Gasteiger partial charge in [0.2, 0.25) is 12.2 Å².